The fourth-order valence-electron chi connectivity index (χ4n) is 3.47. The molecule has 0 unspecified atom stereocenters. The second kappa shape index (κ2) is 12.6. The molecule has 1 aromatic heterocycles. The van der Waals surface area contributed by atoms with Crippen LogP contribution < -0.4 is 10.6 Å². The number of rotatable bonds is 7. The summed E-state index contributed by atoms with van der Waals surface area (Å²) < 4.78 is 0. The van der Waals surface area contributed by atoms with E-state index in [1.54, 1.807) is 0 Å². The van der Waals surface area contributed by atoms with Gasteiger partial charge in [0.1, 0.15) is 0 Å². The van der Waals surface area contributed by atoms with Crippen molar-refractivity contribution in [1.29, 1.82) is 0 Å². The van der Waals surface area contributed by atoms with E-state index in [9.17, 15) is 4.79 Å². The molecule has 3 aromatic carbocycles. The number of nitrogens with zero attached hydrogens (tertiary/aromatic N) is 1. The van der Waals surface area contributed by atoms with Crippen molar-refractivity contribution in [3.63, 3.8) is 0 Å². The molecule has 0 radical (unpaired) electrons. The number of aromatic nitrogens is 1. The number of carbonyl (C=O) groups is 1. The molecule has 1 heterocycles. The monoisotopic (exact) mass is 479 g/mol. The van der Waals surface area contributed by atoms with Crippen LogP contribution in [0.25, 0.3) is 11.1 Å². The minimum atomic E-state index is -0.113. The normalized spacial score (nSPS) is 9.85. The maximum absolute atomic E-state index is 13.0. The number of aryl methyl sites for hydroxylation is 1. The SMILES string of the molecule is Cc1ccc(-c2ccccc2)c(C(=O)Nc2ccc(NCCc3ccccn3)cc2)c1.Cl.Cl. The molecule has 0 fully saturated rings. The van der Waals surface area contributed by atoms with Crippen LogP contribution in [0.3, 0.4) is 0 Å². The van der Waals surface area contributed by atoms with Gasteiger partial charge in [0.15, 0.2) is 0 Å². The van der Waals surface area contributed by atoms with E-state index in [1.807, 2.05) is 104 Å². The summed E-state index contributed by atoms with van der Waals surface area (Å²) in [7, 11) is 0. The van der Waals surface area contributed by atoms with Crippen LogP contribution in [0.4, 0.5) is 11.4 Å². The zero-order valence-electron chi connectivity index (χ0n) is 18.3. The highest BCUT2D eigenvalue weighted by Crippen LogP contribution is 2.26. The number of nitrogens with one attached hydrogen (secondary N) is 2. The molecule has 4 nitrogen and oxygen atoms in total. The second-order valence-corrected chi connectivity index (χ2v) is 7.44. The van der Waals surface area contributed by atoms with E-state index in [4.69, 9.17) is 0 Å². The summed E-state index contributed by atoms with van der Waals surface area (Å²) in [6, 6.07) is 29.7. The number of benzene rings is 3. The molecule has 4 rings (SSSR count). The van der Waals surface area contributed by atoms with Crippen molar-refractivity contribution in [2.45, 2.75) is 13.3 Å². The third-order valence-corrected chi connectivity index (χ3v) is 5.08. The second-order valence-electron chi connectivity index (χ2n) is 7.44. The molecule has 2 N–H and O–H groups in total. The van der Waals surface area contributed by atoms with Gasteiger partial charge in [0, 0.05) is 41.8 Å². The van der Waals surface area contributed by atoms with Crippen molar-refractivity contribution in [2.24, 2.45) is 0 Å². The molecule has 0 saturated carbocycles. The number of pyridine rings is 1. The summed E-state index contributed by atoms with van der Waals surface area (Å²) >= 11 is 0. The molecular formula is C27H27Cl2N3O. The van der Waals surface area contributed by atoms with Crippen molar-refractivity contribution < 1.29 is 4.79 Å². The molecule has 0 aliphatic heterocycles. The Bertz CT molecular complexity index is 1150. The number of anilines is 2. The maximum atomic E-state index is 13.0. The average molecular weight is 480 g/mol. The summed E-state index contributed by atoms with van der Waals surface area (Å²) in [6.07, 6.45) is 2.67. The van der Waals surface area contributed by atoms with E-state index >= 15 is 0 Å². The molecular weight excluding hydrogens is 453 g/mol. The molecule has 0 spiro atoms. The molecule has 6 heteroatoms. The first-order chi connectivity index (χ1) is 15.2. The Hall–Kier alpha value is -3.34. The van der Waals surface area contributed by atoms with Crippen LogP contribution in [0, 0.1) is 6.92 Å². The van der Waals surface area contributed by atoms with E-state index < -0.39 is 0 Å². The Labute approximate surface area is 207 Å². The first-order valence-electron chi connectivity index (χ1n) is 10.4. The number of hydrogen-bond acceptors (Lipinski definition) is 3. The minimum Gasteiger partial charge on any atom is -0.385 e. The predicted molar refractivity (Wildman–Crippen MR) is 142 cm³/mol. The van der Waals surface area contributed by atoms with E-state index in [-0.39, 0.29) is 30.7 Å². The van der Waals surface area contributed by atoms with Gasteiger partial charge in [-0.1, -0.05) is 54.1 Å². The van der Waals surface area contributed by atoms with Gasteiger partial charge in [-0.3, -0.25) is 9.78 Å². The lowest BCUT2D eigenvalue weighted by atomic mass is 9.97. The minimum absolute atomic E-state index is 0. The number of amides is 1. The van der Waals surface area contributed by atoms with Crippen molar-refractivity contribution in [2.75, 3.05) is 17.2 Å². The molecule has 33 heavy (non-hydrogen) atoms. The molecule has 0 atom stereocenters. The van der Waals surface area contributed by atoms with Gasteiger partial charge in [-0.25, -0.2) is 0 Å². The van der Waals surface area contributed by atoms with Crippen LogP contribution in [-0.4, -0.2) is 17.4 Å². The van der Waals surface area contributed by atoms with Crippen LogP contribution in [0.1, 0.15) is 21.6 Å². The summed E-state index contributed by atoms with van der Waals surface area (Å²) in [5.41, 5.74) is 6.51. The lowest BCUT2D eigenvalue weighted by Gasteiger charge is -2.12. The van der Waals surface area contributed by atoms with Crippen molar-refractivity contribution in [3.8, 4) is 11.1 Å². The van der Waals surface area contributed by atoms with Gasteiger partial charge in [0.25, 0.3) is 5.91 Å². The zero-order valence-corrected chi connectivity index (χ0v) is 20.0. The highest BCUT2D eigenvalue weighted by Gasteiger charge is 2.13. The van der Waals surface area contributed by atoms with Crippen molar-refractivity contribution in [1.82, 2.24) is 4.98 Å². The fraction of sp³-hybridized carbons (Fsp3) is 0.111. The van der Waals surface area contributed by atoms with Gasteiger partial charge in [0.2, 0.25) is 0 Å². The average Bonchev–Trinajstić information content (AvgIpc) is 2.81. The van der Waals surface area contributed by atoms with Gasteiger partial charge in [0.05, 0.1) is 0 Å². The van der Waals surface area contributed by atoms with Crippen LogP contribution in [-0.2, 0) is 6.42 Å². The van der Waals surface area contributed by atoms with Crippen LogP contribution >= 0.6 is 24.8 Å². The highest BCUT2D eigenvalue weighted by molar-refractivity contribution is 6.08. The fourth-order valence-corrected chi connectivity index (χ4v) is 3.47. The van der Waals surface area contributed by atoms with Crippen molar-refractivity contribution in [3.05, 3.63) is 114 Å². The largest absolute Gasteiger partial charge is 0.385 e. The zero-order chi connectivity index (χ0) is 21.5. The first kappa shape index (κ1) is 25.9. The van der Waals surface area contributed by atoms with E-state index in [1.165, 1.54) is 0 Å². The number of halogens is 2. The van der Waals surface area contributed by atoms with E-state index in [2.05, 4.69) is 15.6 Å². The Kier molecular flexibility index (Phi) is 9.92. The summed E-state index contributed by atoms with van der Waals surface area (Å²) in [5, 5.41) is 6.42. The van der Waals surface area contributed by atoms with Gasteiger partial charge in [-0.15, -0.1) is 24.8 Å². The summed E-state index contributed by atoms with van der Waals surface area (Å²) in [4.78, 5) is 17.4. The molecule has 4 aromatic rings. The molecule has 0 aliphatic carbocycles. The Morgan fingerprint density at radius 1 is 0.818 bits per heavy atom. The lowest BCUT2D eigenvalue weighted by molar-refractivity contribution is 0.102. The molecule has 170 valence electrons. The predicted octanol–water partition coefficient (Wildman–Crippen LogP) is 6.81. The van der Waals surface area contributed by atoms with Gasteiger partial charge in [-0.05, 0) is 60.5 Å². The first-order valence-corrected chi connectivity index (χ1v) is 10.4. The molecule has 1 amide bonds. The van der Waals surface area contributed by atoms with Crippen molar-refractivity contribution >= 4 is 42.1 Å². The smallest absolute Gasteiger partial charge is 0.256 e. The third-order valence-electron chi connectivity index (χ3n) is 5.08. The number of carbonyl (C=O) groups excluding carboxylic acids is 1. The summed E-state index contributed by atoms with van der Waals surface area (Å²) in [6.45, 7) is 2.80. The van der Waals surface area contributed by atoms with Crippen LogP contribution in [0.15, 0.2) is 97.2 Å². The number of hydrogen-bond donors (Lipinski definition) is 2. The van der Waals surface area contributed by atoms with Gasteiger partial charge in [-0.2, -0.15) is 0 Å². The quantitative estimate of drug-likeness (QED) is 0.306. The standard InChI is InChI=1S/C27H25N3O.2ClH/c1-20-10-15-25(21-7-3-2-4-8-21)26(19-20)27(31)30-24-13-11-23(12-14-24)29-18-16-22-9-5-6-17-28-22;;/h2-15,17,19,29H,16,18H2,1H3,(H,30,31);2*1H. The van der Waals surface area contributed by atoms with Crippen LogP contribution in [0.2, 0.25) is 0 Å². The molecule has 0 bridgehead atoms. The Morgan fingerprint density at radius 2 is 1.52 bits per heavy atom. The van der Waals surface area contributed by atoms with E-state index in [0.717, 1.165) is 46.7 Å². The lowest BCUT2D eigenvalue weighted by Crippen LogP contribution is -2.13. The Morgan fingerprint density at radius 3 is 2.21 bits per heavy atom. The van der Waals surface area contributed by atoms with Gasteiger partial charge >= 0.3 is 0 Å². The van der Waals surface area contributed by atoms with Crippen LogP contribution in [0.5, 0.6) is 0 Å². The maximum Gasteiger partial charge on any atom is 0.256 e. The molecule has 0 saturated heterocycles. The third kappa shape index (κ3) is 7.07. The summed E-state index contributed by atoms with van der Waals surface area (Å²) in [5.74, 6) is -0.113. The molecule has 0 aliphatic rings. The Balaban J connectivity index is 0.00000193. The topological polar surface area (TPSA) is 54.0 Å². The van der Waals surface area contributed by atoms with E-state index in [0.29, 0.717) is 5.56 Å². The highest BCUT2D eigenvalue weighted by atomic mass is 35.5. The van der Waals surface area contributed by atoms with Gasteiger partial charge < -0.3 is 10.6 Å².